The van der Waals surface area contributed by atoms with Crippen molar-refractivity contribution >= 4 is 21.1 Å². The third-order valence-electron chi connectivity index (χ3n) is 2.60. The zero-order chi connectivity index (χ0) is 12.0. The number of aromatic nitrogens is 1. The highest BCUT2D eigenvalue weighted by Gasteiger charge is 2.28. The minimum Gasteiger partial charge on any atom is -0.408 e. The molecule has 1 aliphatic rings. The predicted molar refractivity (Wildman–Crippen MR) is 60.2 cm³/mol. The van der Waals surface area contributed by atoms with Gasteiger partial charge in [-0.05, 0) is 25.0 Å². The lowest BCUT2D eigenvalue weighted by atomic mass is 10.3. The standard InChI is InChI=1S/C10H10N2O4S/c13-10-11-8-4-3-7(5-9(8)16-10)17(14,15)12-6-1-2-6/h3-6,12H,1-2H2,(H,11,13). The first-order valence-electron chi connectivity index (χ1n) is 5.20. The van der Waals surface area contributed by atoms with E-state index in [2.05, 4.69) is 9.71 Å². The van der Waals surface area contributed by atoms with E-state index in [1.54, 1.807) is 0 Å². The summed E-state index contributed by atoms with van der Waals surface area (Å²) < 4.78 is 31.2. The molecule has 1 aliphatic carbocycles. The molecule has 1 saturated carbocycles. The van der Waals surface area contributed by atoms with Crippen molar-refractivity contribution < 1.29 is 12.8 Å². The predicted octanol–water partition coefficient (Wildman–Crippen LogP) is 0.562. The second-order valence-electron chi connectivity index (χ2n) is 4.07. The number of benzene rings is 1. The lowest BCUT2D eigenvalue weighted by Gasteiger charge is -2.04. The quantitative estimate of drug-likeness (QED) is 0.837. The Bertz CT molecular complexity index is 724. The van der Waals surface area contributed by atoms with Gasteiger partial charge in [-0.3, -0.25) is 4.98 Å². The summed E-state index contributed by atoms with van der Waals surface area (Å²) in [5.41, 5.74) is 0.731. The number of aromatic amines is 1. The van der Waals surface area contributed by atoms with Crippen LogP contribution in [0.15, 0.2) is 32.3 Å². The fourth-order valence-corrected chi connectivity index (χ4v) is 2.90. The molecule has 7 heteroatoms. The summed E-state index contributed by atoms with van der Waals surface area (Å²) >= 11 is 0. The number of oxazole rings is 1. The van der Waals surface area contributed by atoms with Crippen LogP contribution in [-0.2, 0) is 10.0 Å². The first kappa shape index (κ1) is 10.5. The zero-order valence-corrected chi connectivity index (χ0v) is 9.58. The summed E-state index contributed by atoms with van der Waals surface area (Å²) in [6.45, 7) is 0. The molecule has 2 N–H and O–H groups in total. The first-order chi connectivity index (χ1) is 8.04. The van der Waals surface area contributed by atoms with Gasteiger partial charge in [-0.1, -0.05) is 0 Å². The summed E-state index contributed by atoms with van der Waals surface area (Å²) in [5, 5.41) is 0. The minimum absolute atomic E-state index is 0.0499. The molecule has 1 aromatic carbocycles. The normalized spacial score (nSPS) is 16.5. The van der Waals surface area contributed by atoms with Crippen LogP contribution in [0.3, 0.4) is 0 Å². The molecule has 0 spiro atoms. The molecule has 2 aromatic rings. The first-order valence-corrected chi connectivity index (χ1v) is 6.68. The van der Waals surface area contributed by atoms with Crippen LogP contribution in [0.4, 0.5) is 0 Å². The van der Waals surface area contributed by atoms with Crippen LogP contribution >= 0.6 is 0 Å². The second-order valence-corrected chi connectivity index (χ2v) is 5.78. The van der Waals surface area contributed by atoms with Crippen molar-refractivity contribution in [2.45, 2.75) is 23.8 Å². The Kier molecular flexibility index (Phi) is 2.14. The minimum atomic E-state index is -3.51. The van der Waals surface area contributed by atoms with Gasteiger partial charge in [-0.25, -0.2) is 17.9 Å². The van der Waals surface area contributed by atoms with E-state index in [9.17, 15) is 13.2 Å². The SMILES string of the molecule is O=c1[nH]c2ccc(S(=O)(=O)NC3CC3)cc2o1. The Morgan fingerprint density at radius 2 is 2.12 bits per heavy atom. The molecule has 17 heavy (non-hydrogen) atoms. The highest BCUT2D eigenvalue weighted by molar-refractivity contribution is 7.89. The molecular formula is C10H10N2O4S. The number of nitrogens with one attached hydrogen (secondary N) is 2. The third kappa shape index (κ3) is 1.98. The molecule has 0 radical (unpaired) electrons. The van der Waals surface area contributed by atoms with Gasteiger partial charge in [0.15, 0.2) is 5.58 Å². The van der Waals surface area contributed by atoms with Crippen LogP contribution in [0.25, 0.3) is 11.1 Å². The van der Waals surface area contributed by atoms with E-state index in [-0.39, 0.29) is 16.5 Å². The molecule has 90 valence electrons. The maximum atomic E-state index is 11.9. The van der Waals surface area contributed by atoms with E-state index in [1.165, 1.54) is 18.2 Å². The third-order valence-corrected chi connectivity index (χ3v) is 4.12. The second kappa shape index (κ2) is 3.44. The average Bonchev–Trinajstić information content (AvgIpc) is 2.95. The van der Waals surface area contributed by atoms with Gasteiger partial charge in [-0.2, -0.15) is 0 Å². The van der Waals surface area contributed by atoms with Gasteiger partial charge in [0.05, 0.1) is 10.4 Å². The van der Waals surface area contributed by atoms with E-state index in [1.807, 2.05) is 0 Å². The maximum Gasteiger partial charge on any atom is 0.417 e. The average molecular weight is 254 g/mol. The van der Waals surface area contributed by atoms with Gasteiger partial charge >= 0.3 is 5.76 Å². The topological polar surface area (TPSA) is 92.2 Å². The summed E-state index contributed by atoms with van der Waals surface area (Å²) in [6.07, 6.45) is 1.75. The van der Waals surface area contributed by atoms with Crippen LogP contribution in [0.1, 0.15) is 12.8 Å². The van der Waals surface area contributed by atoms with Gasteiger partial charge < -0.3 is 4.42 Å². The molecule has 6 nitrogen and oxygen atoms in total. The molecule has 1 heterocycles. The summed E-state index contributed by atoms with van der Waals surface area (Å²) in [5.74, 6) is -0.593. The Morgan fingerprint density at radius 1 is 1.35 bits per heavy atom. The number of H-pyrrole nitrogens is 1. The van der Waals surface area contributed by atoms with Crippen LogP contribution in [0.2, 0.25) is 0 Å². The van der Waals surface area contributed by atoms with Crippen molar-refractivity contribution in [2.75, 3.05) is 0 Å². The summed E-state index contributed by atoms with van der Waals surface area (Å²) in [7, 11) is -3.51. The fraction of sp³-hybridized carbons (Fsp3) is 0.300. The van der Waals surface area contributed by atoms with Gasteiger partial charge in [0.2, 0.25) is 10.0 Å². The maximum absolute atomic E-state index is 11.9. The summed E-state index contributed by atoms with van der Waals surface area (Å²) in [6, 6.07) is 4.35. The highest BCUT2D eigenvalue weighted by atomic mass is 32.2. The number of rotatable bonds is 3. The van der Waals surface area contributed by atoms with Crippen LogP contribution in [0.5, 0.6) is 0 Å². The lowest BCUT2D eigenvalue weighted by molar-refractivity contribution is 0.553. The van der Waals surface area contributed by atoms with Crippen molar-refractivity contribution in [3.63, 3.8) is 0 Å². The molecule has 0 atom stereocenters. The van der Waals surface area contributed by atoms with Crippen LogP contribution < -0.4 is 10.5 Å². The van der Waals surface area contributed by atoms with Gasteiger partial charge in [0.1, 0.15) is 0 Å². The van der Waals surface area contributed by atoms with Crippen molar-refractivity contribution in [2.24, 2.45) is 0 Å². The molecule has 0 bridgehead atoms. The smallest absolute Gasteiger partial charge is 0.408 e. The lowest BCUT2D eigenvalue weighted by Crippen LogP contribution is -2.25. The highest BCUT2D eigenvalue weighted by Crippen LogP contribution is 2.23. The van der Waals surface area contributed by atoms with Crippen LogP contribution in [-0.4, -0.2) is 19.4 Å². The Morgan fingerprint density at radius 3 is 2.82 bits per heavy atom. The fourth-order valence-electron chi connectivity index (χ4n) is 1.58. The molecular weight excluding hydrogens is 244 g/mol. The molecule has 3 rings (SSSR count). The van der Waals surface area contributed by atoms with Crippen molar-refractivity contribution in [1.82, 2.24) is 9.71 Å². The number of hydrogen-bond acceptors (Lipinski definition) is 4. The van der Waals surface area contributed by atoms with E-state index in [0.717, 1.165) is 12.8 Å². The van der Waals surface area contributed by atoms with Crippen molar-refractivity contribution in [3.05, 3.63) is 28.7 Å². The molecule has 1 aromatic heterocycles. The Labute approximate surface area is 96.7 Å². The van der Waals surface area contributed by atoms with Gasteiger partial charge in [-0.15, -0.1) is 0 Å². The van der Waals surface area contributed by atoms with Crippen molar-refractivity contribution in [3.8, 4) is 0 Å². The van der Waals surface area contributed by atoms with Crippen molar-refractivity contribution in [1.29, 1.82) is 0 Å². The largest absolute Gasteiger partial charge is 0.417 e. The zero-order valence-electron chi connectivity index (χ0n) is 8.76. The number of hydrogen-bond donors (Lipinski definition) is 2. The number of fused-ring (bicyclic) bond motifs is 1. The Balaban J connectivity index is 2.07. The Hall–Kier alpha value is -1.60. The van der Waals surface area contributed by atoms with Gasteiger partial charge in [0, 0.05) is 12.1 Å². The van der Waals surface area contributed by atoms with E-state index >= 15 is 0 Å². The monoisotopic (exact) mass is 254 g/mol. The molecule has 0 amide bonds. The van der Waals surface area contributed by atoms with E-state index in [4.69, 9.17) is 4.42 Å². The van der Waals surface area contributed by atoms with E-state index in [0.29, 0.717) is 5.52 Å². The summed E-state index contributed by atoms with van der Waals surface area (Å²) in [4.78, 5) is 13.5. The van der Waals surface area contributed by atoms with Crippen LogP contribution in [0, 0.1) is 0 Å². The molecule has 1 fully saturated rings. The number of sulfonamides is 1. The molecule has 0 aliphatic heterocycles. The molecule has 0 unspecified atom stereocenters. The molecule has 0 saturated heterocycles. The van der Waals surface area contributed by atoms with E-state index < -0.39 is 15.8 Å². The van der Waals surface area contributed by atoms with Gasteiger partial charge in [0.25, 0.3) is 0 Å².